The summed E-state index contributed by atoms with van der Waals surface area (Å²) in [7, 11) is 1.82. The summed E-state index contributed by atoms with van der Waals surface area (Å²) in [5.41, 5.74) is 3.34. The van der Waals surface area contributed by atoms with Gasteiger partial charge in [0.05, 0.1) is 16.5 Å². The SMILES string of the molecule is C[C@@H](N=C1NN(C)Cc2ccc(Br)cc21)c1cc([N+](=O)[O-])cc(C(F)(F)F)c1. The molecule has 0 bridgehead atoms. The normalized spacial score (nSPS) is 17.1. The Morgan fingerprint density at radius 3 is 2.64 bits per heavy atom. The first-order chi connectivity index (χ1) is 13.0. The Labute approximate surface area is 167 Å². The first-order valence-corrected chi connectivity index (χ1v) is 9.05. The second-order valence-electron chi connectivity index (χ2n) is 6.49. The lowest BCUT2D eigenvalue weighted by atomic mass is 10.0. The molecule has 0 fully saturated rings. The molecule has 0 saturated carbocycles. The number of nitrogens with one attached hydrogen (secondary N) is 1. The lowest BCUT2D eigenvalue weighted by Crippen LogP contribution is -2.44. The van der Waals surface area contributed by atoms with Gasteiger partial charge in [0.15, 0.2) is 0 Å². The van der Waals surface area contributed by atoms with Gasteiger partial charge < -0.3 is 5.43 Å². The van der Waals surface area contributed by atoms with Crippen LogP contribution in [0.1, 0.15) is 35.2 Å². The second kappa shape index (κ2) is 7.51. The van der Waals surface area contributed by atoms with Crippen molar-refractivity contribution in [2.75, 3.05) is 7.05 Å². The van der Waals surface area contributed by atoms with Gasteiger partial charge in [0.1, 0.15) is 5.84 Å². The zero-order valence-corrected chi connectivity index (χ0v) is 16.5. The van der Waals surface area contributed by atoms with Crippen molar-refractivity contribution >= 4 is 27.5 Å². The molecular weight excluding hydrogens is 441 g/mol. The number of hydrazine groups is 1. The molecule has 148 valence electrons. The Morgan fingerprint density at radius 2 is 2.00 bits per heavy atom. The molecule has 2 aromatic carbocycles. The average Bonchev–Trinajstić information content (AvgIpc) is 2.61. The van der Waals surface area contributed by atoms with Crippen LogP contribution >= 0.6 is 15.9 Å². The number of halogens is 4. The number of hydrogen-bond donors (Lipinski definition) is 1. The highest BCUT2D eigenvalue weighted by Crippen LogP contribution is 2.35. The minimum Gasteiger partial charge on any atom is -0.303 e. The molecule has 1 atom stereocenters. The molecule has 0 aliphatic carbocycles. The van der Waals surface area contributed by atoms with Crippen LogP contribution < -0.4 is 5.43 Å². The molecule has 6 nitrogen and oxygen atoms in total. The van der Waals surface area contributed by atoms with Crippen LogP contribution in [-0.4, -0.2) is 22.8 Å². The Kier molecular flexibility index (Phi) is 5.44. The van der Waals surface area contributed by atoms with Gasteiger partial charge >= 0.3 is 6.18 Å². The fourth-order valence-corrected chi connectivity index (χ4v) is 3.32. The highest BCUT2D eigenvalue weighted by Gasteiger charge is 2.33. The van der Waals surface area contributed by atoms with Crippen LogP contribution in [-0.2, 0) is 12.7 Å². The summed E-state index contributed by atoms with van der Waals surface area (Å²) < 4.78 is 40.3. The molecule has 0 aromatic heterocycles. The second-order valence-corrected chi connectivity index (χ2v) is 7.41. The van der Waals surface area contributed by atoms with E-state index in [1.165, 1.54) is 0 Å². The minimum absolute atomic E-state index is 0.112. The first kappa shape index (κ1) is 20.3. The lowest BCUT2D eigenvalue weighted by Gasteiger charge is -2.29. The van der Waals surface area contributed by atoms with Gasteiger partial charge in [-0.2, -0.15) is 13.2 Å². The smallest absolute Gasteiger partial charge is 0.303 e. The molecule has 0 radical (unpaired) electrons. The van der Waals surface area contributed by atoms with E-state index in [-0.39, 0.29) is 5.56 Å². The first-order valence-electron chi connectivity index (χ1n) is 8.25. The monoisotopic (exact) mass is 456 g/mol. The highest BCUT2D eigenvalue weighted by molar-refractivity contribution is 9.10. The molecule has 0 unspecified atom stereocenters. The van der Waals surface area contributed by atoms with E-state index in [1.54, 1.807) is 11.9 Å². The number of aliphatic imine (C=N–C) groups is 1. The summed E-state index contributed by atoms with van der Waals surface area (Å²) in [6.45, 7) is 2.23. The molecule has 0 saturated heterocycles. The van der Waals surface area contributed by atoms with Crippen LogP contribution in [0.2, 0.25) is 0 Å². The minimum atomic E-state index is -4.69. The van der Waals surface area contributed by atoms with Gasteiger partial charge in [0.2, 0.25) is 0 Å². The Bertz CT molecular complexity index is 962. The summed E-state index contributed by atoms with van der Waals surface area (Å²) in [5, 5.41) is 12.9. The highest BCUT2D eigenvalue weighted by atomic mass is 79.9. The molecule has 0 spiro atoms. The number of non-ortho nitro benzene ring substituents is 1. The quantitative estimate of drug-likeness (QED) is 0.530. The molecule has 1 N–H and O–H groups in total. The summed E-state index contributed by atoms with van der Waals surface area (Å²) in [4.78, 5) is 14.7. The number of nitrogens with zero attached hydrogens (tertiary/aromatic N) is 3. The molecule has 1 aliphatic heterocycles. The van der Waals surface area contributed by atoms with Crippen molar-refractivity contribution in [1.82, 2.24) is 10.4 Å². The number of amidine groups is 1. The number of nitro benzene ring substituents is 1. The van der Waals surface area contributed by atoms with E-state index >= 15 is 0 Å². The Balaban J connectivity index is 2.06. The number of hydrogen-bond acceptors (Lipinski definition) is 4. The van der Waals surface area contributed by atoms with Crippen molar-refractivity contribution in [3.05, 3.63) is 73.2 Å². The molecule has 10 heteroatoms. The summed E-state index contributed by atoms with van der Waals surface area (Å²) in [5.74, 6) is 0.484. The van der Waals surface area contributed by atoms with Crippen LogP contribution in [0, 0.1) is 10.1 Å². The predicted molar refractivity (Wildman–Crippen MR) is 102 cm³/mol. The van der Waals surface area contributed by atoms with E-state index < -0.39 is 28.4 Å². The maximum absolute atomic E-state index is 13.1. The Morgan fingerprint density at radius 1 is 1.29 bits per heavy atom. The van der Waals surface area contributed by atoms with Gasteiger partial charge in [-0.15, -0.1) is 0 Å². The van der Waals surface area contributed by atoms with Crippen LogP contribution in [0.5, 0.6) is 0 Å². The predicted octanol–water partition coefficient (Wildman–Crippen LogP) is 4.83. The maximum atomic E-state index is 13.1. The topological polar surface area (TPSA) is 70.8 Å². The van der Waals surface area contributed by atoms with Gasteiger partial charge in [-0.3, -0.25) is 15.1 Å². The standard InChI is InChI=1S/C18H16BrF3N4O2/c1-10(12-5-13(18(20,21)22)7-15(6-12)26(27)28)23-17-16-8-14(19)4-3-11(16)9-25(2)24-17/h3-8,10H,9H2,1-2H3,(H,23,24)/t10-/m1/s1. The van der Waals surface area contributed by atoms with Crippen LogP contribution in [0.25, 0.3) is 0 Å². The van der Waals surface area contributed by atoms with Crippen LogP contribution in [0.3, 0.4) is 0 Å². The van der Waals surface area contributed by atoms with E-state index in [0.29, 0.717) is 18.4 Å². The van der Waals surface area contributed by atoms with E-state index in [9.17, 15) is 23.3 Å². The molecule has 2 aromatic rings. The van der Waals surface area contributed by atoms with Crippen molar-refractivity contribution in [1.29, 1.82) is 0 Å². The third-order valence-electron chi connectivity index (χ3n) is 4.31. The summed E-state index contributed by atoms with van der Waals surface area (Å²) >= 11 is 3.40. The number of nitro groups is 1. The zero-order valence-electron chi connectivity index (χ0n) is 14.9. The summed E-state index contributed by atoms with van der Waals surface area (Å²) in [6, 6.07) is 7.52. The molecular formula is C18H16BrF3N4O2. The number of fused-ring (bicyclic) bond motifs is 1. The van der Waals surface area contributed by atoms with Gasteiger partial charge in [0.25, 0.3) is 5.69 Å². The zero-order chi connectivity index (χ0) is 20.6. The van der Waals surface area contributed by atoms with Gasteiger partial charge in [-0.25, -0.2) is 5.01 Å². The van der Waals surface area contributed by atoms with Crippen molar-refractivity contribution in [3.8, 4) is 0 Å². The molecule has 28 heavy (non-hydrogen) atoms. The van der Waals surface area contributed by atoms with Crippen molar-refractivity contribution in [2.24, 2.45) is 4.99 Å². The van der Waals surface area contributed by atoms with Crippen LogP contribution in [0.4, 0.5) is 18.9 Å². The number of rotatable bonds is 3. The van der Waals surface area contributed by atoms with Gasteiger partial charge in [-0.1, -0.05) is 22.0 Å². The molecule has 0 amide bonds. The van der Waals surface area contributed by atoms with E-state index in [0.717, 1.165) is 27.7 Å². The van der Waals surface area contributed by atoms with E-state index in [2.05, 4.69) is 26.3 Å². The van der Waals surface area contributed by atoms with E-state index in [1.807, 2.05) is 25.2 Å². The Hall–Kier alpha value is -2.46. The fraction of sp³-hybridized carbons (Fsp3) is 0.278. The largest absolute Gasteiger partial charge is 0.416 e. The fourth-order valence-electron chi connectivity index (χ4n) is 2.95. The van der Waals surface area contributed by atoms with Crippen molar-refractivity contribution in [3.63, 3.8) is 0 Å². The van der Waals surface area contributed by atoms with Crippen LogP contribution in [0.15, 0.2) is 45.9 Å². The molecule has 1 aliphatic rings. The molecule has 1 heterocycles. The third-order valence-corrected chi connectivity index (χ3v) is 4.81. The molecule has 3 rings (SSSR count). The van der Waals surface area contributed by atoms with Crippen molar-refractivity contribution < 1.29 is 18.1 Å². The van der Waals surface area contributed by atoms with Gasteiger partial charge in [0, 0.05) is 35.8 Å². The maximum Gasteiger partial charge on any atom is 0.416 e. The average molecular weight is 457 g/mol. The third kappa shape index (κ3) is 4.33. The number of benzene rings is 2. The van der Waals surface area contributed by atoms with Gasteiger partial charge in [-0.05, 0) is 36.2 Å². The lowest BCUT2D eigenvalue weighted by molar-refractivity contribution is -0.385. The van der Waals surface area contributed by atoms with Crippen molar-refractivity contribution in [2.45, 2.75) is 25.7 Å². The summed E-state index contributed by atoms with van der Waals surface area (Å²) in [6.07, 6.45) is -4.69. The number of alkyl halides is 3. The van der Waals surface area contributed by atoms with E-state index in [4.69, 9.17) is 0 Å².